The van der Waals surface area contributed by atoms with Gasteiger partial charge < -0.3 is 24.1 Å². The van der Waals surface area contributed by atoms with Crippen LogP contribution in [0.15, 0.2) is 59.5 Å². The highest BCUT2D eigenvalue weighted by molar-refractivity contribution is 7.89. The molecule has 2 unspecified atom stereocenters. The molecule has 0 radical (unpaired) electrons. The summed E-state index contributed by atoms with van der Waals surface area (Å²) in [5, 5.41) is 11.5. The van der Waals surface area contributed by atoms with Crippen molar-refractivity contribution in [2.24, 2.45) is 11.8 Å². The molecule has 2 aromatic carbocycles. The molecule has 0 spiro atoms. The van der Waals surface area contributed by atoms with Crippen molar-refractivity contribution in [2.75, 3.05) is 33.4 Å². The first-order valence-electron chi connectivity index (χ1n) is 13.9. The average molecular weight is 576 g/mol. The molecule has 0 amide bonds. The van der Waals surface area contributed by atoms with Crippen LogP contribution in [0.1, 0.15) is 38.7 Å². The topological polar surface area (TPSA) is 112 Å². The van der Waals surface area contributed by atoms with Gasteiger partial charge in [-0.3, -0.25) is 4.79 Å². The third kappa shape index (κ3) is 8.04. The van der Waals surface area contributed by atoms with Crippen LogP contribution in [0.5, 0.6) is 5.75 Å². The molecule has 4 rings (SSSR count). The predicted octanol–water partition coefficient (Wildman–Crippen LogP) is 3.44. The smallest absolute Gasteiger partial charge is 0.306 e. The maximum absolute atomic E-state index is 13.6. The Kier molecular flexibility index (Phi) is 10.6. The quantitative estimate of drug-likeness (QED) is 0.362. The summed E-state index contributed by atoms with van der Waals surface area (Å²) in [5.74, 6) is -0.396. The van der Waals surface area contributed by atoms with Crippen LogP contribution in [0.3, 0.4) is 0 Å². The zero-order valence-corrected chi connectivity index (χ0v) is 24.3. The normalized spacial score (nSPS) is 22.6. The molecule has 5 atom stereocenters. The third-order valence-corrected chi connectivity index (χ3v) is 9.27. The van der Waals surface area contributed by atoms with Gasteiger partial charge >= 0.3 is 5.97 Å². The average Bonchev–Trinajstić information content (AvgIpc) is 3.34. The fraction of sp³-hybridized carbons (Fsp3) is 0.567. The Balaban J connectivity index is 1.49. The van der Waals surface area contributed by atoms with E-state index >= 15 is 0 Å². The van der Waals surface area contributed by atoms with Crippen LogP contribution in [-0.4, -0.2) is 81.6 Å². The van der Waals surface area contributed by atoms with Crippen molar-refractivity contribution in [1.82, 2.24) is 4.31 Å². The Morgan fingerprint density at radius 1 is 1.00 bits per heavy atom. The summed E-state index contributed by atoms with van der Waals surface area (Å²) in [4.78, 5) is 13.2. The first-order valence-corrected chi connectivity index (χ1v) is 15.4. The maximum Gasteiger partial charge on any atom is 0.306 e. The zero-order chi connectivity index (χ0) is 28.7. The van der Waals surface area contributed by atoms with Crippen LogP contribution in [0.25, 0.3) is 0 Å². The van der Waals surface area contributed by atoms with E-state index in [0.29, 0.717) is 38.2 Å². The van der Waals surface area contributed by atoms with Gasteiger partial charge in [0.2, 0.25) is 10.0 Å². The Hall–Kier alpha value is -2.50. The van der Waals surface area contributed by atoms with E-state index in [0.717, 1.165) is 5.56 Å². The lowest BCUT2D eigenvalue weighted by Crippen LogP contribution is -2.43. The van der Waals surface area contributed by atoms with Crippen LogP contribution < -0.4 is 4.74 Å². The lowest BCUT2D eigenvalue weighted by molar-refractivity contribution is -0.151. The van der Waals surface area contributed by atoms with E-state index in [2.05, 4.69) is 0 Å². The number of aliphatic hydroxyl groups excluding tert-OH is 1. The zero-order valence-electron chi connectivity index (χ0n) is 23.5. The van der Waals surface area contributed by atoms with Gasteiger partial charge in [-0.2, -0.15) is 4.31 Å². The maximum atomic E-state index is 13.6. The number of ether oxygens (including phenoxy) is 4. The second-order valence-corrected chi connectivity index (χ2v) is 13.0. The molecule has 220 valence electrons. The SMILES string of the molecule is COc1ccc(S(=O)(=O)N(CC(C)C)C[C@@H](O)[C@@H](CC(=O)OC2CC3OCCO[C@@H]3C2)Cc2ccccc2)cc1. The third-order valence-electron chi connectivity index (χ3n) is 7.42. The van der Waals surface area contributed by atoms with Gasteiger partial charge in [-0.25, -0.2) is 8.42 Å². The molecule has 1 aliphatic carbocycles. The molecule has 1 N–H and O–H groups in total. The number of rotatable bonds is 13. The number of carbonyl (C=O) groups excluding carboxylic acids is 1. The number of nitrogens with zero attached hydrogens (tertiary/aromatic N) is 1. The number of methoxy groups -OCH3 is 1. The van der Waals surface area contributed by atoms with Gasteiger partial charge in [-0.15, -0.1) is 0 Å². The number of hydrogen-bond acceptors (Lipinski definition) is 8. The van der Waals surface area contributed by atoms with Crippen molar-refractivity contribution < 1.29 is 37.3 Å². The fourth-order valence-electron chi connectivity index (χ4n) is 5.41. The molecule has 1 saturated carbocycles. The largest absolute Gasteiger partial charge is 0.497 e. The lowest BCUT2D eigenvalue weighted by atomic mass is 9.90. The number of fused-ring (bicyclic) bond motifs is 1. The Morgan fingerprint density at radius 3 is 2.20 bits per heavy atom. The summed E-state index contributed by atoms with van der Waals surface area (Å²) in [6, 6.07) is 15.8. The van der Waals surface area contributed by atoms with Crippen molar-refractivity contribution in [2.45, 2.75) is 68.8 Å². The number of esters is 1. The van der Waals surface area contributed by atoms with Crippen molar-refractivity contribution in [3.8, 4) is 5.75 Å². The lowest BCUT2D eigenvalue weighted by Gasteiger charge is -2.30. The molecule has 2 fully saturated rings. The summed E-state index contributed by atoms with van der Waals surface area (Å²) < 4.78 is 51.0. The summed E-state index contributed by atoms with van der Waals surface area (Å²) in [6.07, 6.45) is 0.00388. The van der Waals surface area contributed by atoms with Gasteiger partial charge in [-0.1, -0.05) is 44.2 Å². The number of benzene rings is 2. The minimum atomic E-state index is -3.91. The summed E-state index contributed by atoms with van der Waals surface area (Å²) in [7, 11) is -2.39. The summed E-state index contributed by atoms with van der Waals surface area (Å²) in [5.41, 5.74) is 0.946. The van der Waals surface area contributed by atoms with Gasteiger partial charge in [0.05, 0.1) is 50.0 Å². The molecule has 0 bridgehead atoms. The highest BCUT2D eigenvalue weighted by Crippen LogP contribution is 2.31. The van der Waals surface area contributed by atoms with Crippen molar-refractivity contribution in [3.05, 3.63) is 60.2 Å². The summed E-state index contributed by atoms with van der Waals surface area (Å²) in [6.45, 7) is 5.01. The predicted molar refractivity (Wildman–Crippen MR) is 149 cm³/mol. The Morgan fingerprint density at radius 2 is 1.62 bits per heavy atom. The van der Waals surface area contributed by atoms with Crippen molar-refractivity contribution in [1.29, 1.82) is 0 Å². The summed E-state index contributed by atoms with van der Waals surface area (Å²) >= 11 is 0. The molecule has 1 saturated heterocycles. The molecule has 40 heavy (non-hydrogen) atoms. The molecule has 1 heterocycles. The van der Waals surface area contributed by atoms with Crippen LogP contribution in [0.2, 0.25) is 0 Å². The van der Waals surface area contributed by atoms with Gasteiger partial charge in [0.25, 0.3) is 0 Å². The minimum Gasteiger partial charge on any atom is -0.497 e. The standard InChI is InChI=1S/C30H41NO8S/c1-21(2)19-31(40(34,35)26-11-9-24(36-3)10-12-26)20-27(32)23(15-22-7-5-4-6-8-22)16-30(33)39-25-17-28-29(18-25)38-14-13-37-28/h4-12,21,23,25,27-29,32H,13-20H2,1-3H3/t23-,25?,27-,28-,29?/m1/s1. The van der Waals surface area contributed by atoms with Crippen LogP contribution in [0.4, 0.5) is 0 Å². The van der Waals surface area contributed by atoms with Crippen molar-refractivity contribution >= 4 is 16.0 Å². The fourth-order valence-corrected chi connectivity index (χ4v) is 7.03. The molecule has 2 aliphatic rings. The molecule has 2 aromatic rings. The van der Waals surface area contributed by atoms with Gasteiger partial charge in [0, 0.05) is 31.8 Å². The number of hydrogen-bond donors (Lipinski definition) is 1. The van der Waals surface area contributed by atoms with Gasteiger partial charge in [-0.05, 0) is 42.2 Å². The van der Waals surface area contributed by atoms with Crippen LogP contribution in [0, 0.1) is 11.8 Å². The van der Waals surface area contributed by atoms with Gasteiger partial charge in [0.1, 0.15) is 11.9 Å². The second kappa shape index (κ2) is 13.9. The number of sulfonamides is 1. The molecule has 9 nitrogen and oxygen atoms in total. The molecular formula is C30H41NO8S. The van der Waals surface area contributed by atoms with Gasteiger partial charge in [0.15, 0.2) is 0 Å². The van der Waals surface area contributed by atoms with Crippen molar-refractivity contribution in [3.63, 3.8) is 0 Å². The van der Waals surface area contributed by atoms with E-state index in [1.54, 1.807) is 12.1 Å². The molecule has 1 aliphatic heterocycles. The number of carbonyl (C=O) groups is 1. The van der Waals surface area contributed by atoms with Crippen LogP contribution in [-0.2, 0) is 35.4 Å². The Bertz CT molecular complexity index is 1170. The van der Waals surface area contributed by atoms with E-state index in [9.17, 15) is 18.3 Å². The minimum absolute atomic E-state index is 0.0214. The molecular weight excluding hydrogens is 534 g/mol. The van der Waals surface area contributed by atoms with Crippen LogP contribution >= 0.6 is 0 Å². The second-order valence-electron chi connectivity index (χ2n) is 11.0. The number of aliphatic hydroxyl groups is 1. The first kappa shape index (κ1) is 30.5. The molecule has 0 aromatic heterocycles. The van der Waals surface area contributed by atoms with E-state index < -0.39 is 28.0 Å². The molecule has 10 heteroatoms. The van der Waals surface area contributed by atoms with E-state index in [1.807, 2.05) is 44.2 Å². The van der Waals surface area contributed by atoms with E-state index in [4.69, 9.17) is 18.9 Å². The van der Waals surface area contributed by atoms with E-state index in [1.165, 1.54) is 23.5 Å². The highest BCUT2D eigenvalue weighted by Gasteiger charge is 2.40. The first-order chi connectivity index (χ1) is 19.2. The van der Waals surface area contributed by atoms with E-state index in [-0.39, 0.29) is 48.6 Å². The Labute approximate surface area is 237 Å². The monoisotopic (exact) mass is 575 g/mol. The highest BCUT2D eigenvalue weighted by atomic mass is 32.2.